The van der Waals surface area contributed by atoms with E-state index in [0.717, 1.165) is 45.3 Å². The molecule has 106 valence electrons. The second-order valence-electron chi connectivity index (χ2n) is 5.64. The van der Waals surface area contributed by atoms with E-state index in [1.54, 1.807) is 0 Å². The van der Waals surface area contributed by atoms with Crippen molar-refractivity contribution in [2.45, 2.75) is 32.1 Å². The molecule has 0 spiro atoms. The van der Waals surface area contributed by atoms with Gasteiger partial charge in [-0.25, -0.2) is 8.42 Å². The van der Waals surface area contributed by atoms with Crippen LogP contribution in [0.3, 0.4) is 0 Å². The monoisotopic (exact) mass is 296 g/mol. The molecule has 0 amide bonds. The summed E-state index contributed by atoms with van der Waals surface area (Å²) in [7, 11) is 1.96. The Morgan fingerprint density at radius 2 is 2.06 bits per heavy atom. The Bertz CT molecular complexity index is 356. The van der Waals surface area contributed by atoms with Crippen LogP contribution in [0, 0.1) is 11.3 Å². The van der Waals surface area contributed by atoms with E-state index in [0.29, 0.717) is 19.1 Å². The predicted molar refractivity (Wildman–Crippen MR) is 70.3 cm³/mol. The summed E-state index contributed by atoms with van der Waals surface area (Å²) in [5, 5.41) is 0. The molecule has 1 atom stereocenters. The molecule has 2 rings (SSSR count). The molecule has 0 N–H and O–H groups in total. The first kappa shape index (κ1) is 14.6. The van der Waals surface area contributed by atoms with Gasteiger partial charge in [0.25, 0.3) is 0 Å². The molecule has 1 aliphatic carbocycles. The van der Waals surface area contributed by atoms with Crippen molar-refractivity contribution in [1.29, 1.82) is 0 Å². The number of halogens is 1. The minimum Gasteiger partial charge on any atom is -0.381 e. The first-order valence-corrected chi connectivity index (χ1v) is 9.05. The standard InChI is InChI=1S/C12H21ClO4S/c13-18(14,15)10-12(4-1-2-5-12)9-17-8-11-3-6-16-7-11/h11H,1-10H2. The average Bonchev–Trinajstić information content (AvgIpc) is 2.87. The maximum atomic E-state index is 11.3. The molecule has 18 heavy (non-hydrogen) atoms. The van der Waals surface area contributed by atoms with Gasteiger partial charge in [-0.05, 0) is 19.3 Å². The van der Waals surface area contributed by atoms with Gasteiger partial charge in [-0.15, -0.1) is 0 Å². The van der Waals surface area contributed by atoms with Crippen molar-refractivity contribution in [3.8, 4) is 0 Å². The third-order valence-electron chi connectivity index (χ3n) is 3.93. The van der Waals surface area contributed by atoms with Crippen LogP contribution >= 0.6 is 10.7 Å². The van der Waals surface area contributed by atoms with Gasteiger partial charge in [0.15, 0.2) is 0 Å². The molecule has 0 aromatic heterocycles. The molecule has 6 heteroatoms. The molecule has 0 bridgehead atoms. The van der Waals surface area contributed by atoms with Gasteiger partial charge in [0.1, 0.15) is 0 Å². The molecule has 4 nitrogen and oxygen atoms in total. The van der Waals surface area contributed by atoms with Crippen LogP contribution in [0.1, 0.15) is 32.1 Å². The topological polar surface area (TPSA) is 52.6 Å². The lowest BCUT2D eigenvalue weighted by molar-refractivity contribution is 0.0339. The van der Waals surface area contributed by atoms with E-state index in [2.05, 4.69) is 0 Å². The summed E-state index contributed by atoms with van der Waals surface area (Å²) in [6.07, 6.45) is 4.99. The van der Waals surface area contributed by atoms with E-state index in [1.807, 2.05) is 0 Å². The molecule has 0 radical (unpaired) electrons. The van der Waals surface area contributed by atoms with Crippen LogP contribution in [0.5, 0.6) is 0 Å². The summed E-state index contributed by atoms with van der Waals surface area (Å²) in [4.78, 5) is 0. The highest BCUT2D eigenvalue weighted by Crippen LogP contribution is 2.40. The summed E-state index contributed by atoms with van der Waals surface area (Å²) < 4.78 is 33.6. The summed E-state index contributed by atoms with van der Waals surface area (Å²) >= 11 is 0. The lowest BCUT2D eigenvalue weighted by atomic mass is 9.90. The van der Waals surface area contributed by atoms with Crippen LogP contribution in [-0.2, 0) is 18.5 Å². The van der Waals surface area contributed by atoms with Crippen LogP contribution in [-0.4, -0.2) is 40.6 Å². The largest absolute Gasteiger partial charge is 0.381 e. The van der Waals surface area contributed by atoms with Crippen LogP contribution in [0.4, 0.5) is 0 Å². The molecule has 1 saturated heterocycles. The molecule has 0 aromatic rings. The quantitative estimate of drug-likeness (QED) is 0.705. The lowest BCUT2D eigenvalue weighted by Gasteiger charge is -2.27. The Kier molecular flexibility index (Phi) is 4.92. The Morgan fingerprint density at radius 1 is 1.33 bits per heavy atom. The molecular formula is C12H21ClO4S. The number of hydrogen-bond acceptors (Lipinski definition) is 4. The fraction of sp³-hybridized carbons (Fsp3) is 1.00. The Balaban J connectivity index is 1.82. The van der Waals surface area contributed by atoms with E-state index in [9.17, 15) is 8.42 Å². The van der Waals surface area contributed by atoms with Crippen molar-refractivity contribution in [2.24, 2.45) is 11.3 Å². The van der Waals surface area contributed by atoms with Gasteiger partial charge in [-0.3, -0.25) is 0 Å². The first-order valence-electron chi connectivity index (χ1n) is 6.57. The third-order valence-corrected chi connectivity index (χ3v) is 5.21. The Labute approximate surface area is 113 Å². The average molecular weight is 297 g/mol. The minimum atomic E-state index is -3.45. The molecule has 1 unspecified atom stereocenters. The van der Waals surface area contributed by atoms with E-state index in [4.69, 9.17) is 20.2 Å². The molecule has 1 heterocycles. The van der Waals surface area contributed by atoms with Crippen molar-refractivity contribution < 1.29 is 17.9 Å². The van der Waals surface area contributed by atoms with Crippen LogP contribution < -0.4 is 0 Å². The van der Waals surface area contributed by atoms with E-state index < -0.39 is 9.05 Å². The summed E-state index contributed by atoms with van der Waals surface area (Å²) in [5.41, 5.74) is -0.250. The van der Waals surface area contributed by atoms with Crippen molar-refractivity contribution in [3.05, 3.63) is 0 Å². The number of rotatable bonds is 6. The number of ether oxygens (including phenoxy) is 2. The van der Waals surface area contributed by atoms with Crippen LogP contribution in [0.25, 0.3) is 0 Å². The van der Waals surface area contributed by atoms with Gasteiger partial charge in [-0.2, -0.15) is 0 Å². The Morgan fingerprint density at radius 3 is 2.61 bits per heavy atom. The van der Waals surface area contributed by atoms with Gasteiger partial charge in [0, 0.05) is 28.6 Å². The van der Waals surface area contributed by atoms with Crippen LogP contribution in [0.2, 0.25) is 0 Å². The van der Waals surface area contributed by atoms with Crippen LogP contribution in [0.15, 0.2) is 0 Å². The molecular weight excluding hydrogens is 276 g/mol. The van der Waals surface area contributed by atoms with Gasteiger partial charge in [-0.1, -0.05) is 12.8 Å². The van der Waals surface area contributed by atoms with Crippen molar-refractivity contribution in [3.63, 3.8) is 0 Å². The van der Waals surface area contributed by atoms with Gasteiger partial charge >= 0.3 is 0 Å². The molecule has 2 fully saturated rings. The van der Waals surface area contributed by atoms with Crippen molar-refractivity contribution in [1.82, 2.24) is 0 Å². The second kappa shape index (κ2) is 6.07. The highest BCUT2D eigenvalue weighted by atomic mass is 35.7. The SMILES string of the molecule is O=S(=O)(Cl)CC1(COCC2CCOC2)CCCC1. The van der Waals surface area contributed by atoms with Crippen molar-refractivity contribution >= 4 is 19.7 Å². The molecule has 1 saturated carbocycles. The smallest absolute Gasteiger partial charge is 0.233 e. The van der Waals surface area contributed by atoms with Gasteiger partial charge in [0.2, 0.25) is 9.05 Å². The minimum absolute atomic E-state index is 0.0444. The summed E-state index contributed by atoms with van der Waals surface area (Å²) in [6.45, 7) is 2.76. The molecule has 2 aliphatic rings. The zero-order valence-electron chi connectivity index (χ0n) is 10.6. The first-order chi connectivity index (χ1) is 8.49. The second-order valence-corrected chi connectivity index (χ2v) is 8.41. The fourth-order valence-electron chi connectivity index (χ4n) is 2.98. The summed E-state index contributed by atoms with van der Waals surface area (Å²) in [5.74, 6) is 0.513. The van der Waals surface area contributed by atoms with E-state index in [-0.39, 0.29) is 11.2 Å². The maximum absolute atomic E-state index is 11.3. The van der Waals surface area contributed by atoms with E-state index >= 15 is 0 Å². The van der Waals surface area contributed by atoms with Gasteiger partial charge < -0.3 is 9.47 Å². The lowest BCUT2D eigenvalue weighted by Crippen LogP contribution is -2.31. The predicted octanol–water partition coefficient (Wildman–Crippen LogP) is 2.17. The molecule has 1 aliphatic heterocycles. The zero-order chi connectivity index (χ0) is 13.1. The normalized spacial score (nSPS) is 27.7. The highest BCUT2D eigenvalue weighted by Gasteiger charge is 2.38. The van der Waals surface area contributed by atoms with Crippen molar-refractivity contribution in [2.75, 3.05) is 32.2 Å². The maximum Gasteiger partial charge on any atom is 0.233 e. The Hall–Kier alpha value is 0.160. The van der Waals surface area contributed by atoms with E-state index in [1.165, 1.54) is 0 Å². The van der Waals surface area contributed by atoms with Gasteiger partial charge in [0.05, 0.1) is 25.6 Å². The zero-order valence-corrected chi connectivity index (χ0v) is 12.1. The number of hydrogen-bond donors (Lipinski definition) is 0. The highest BCUT2D eigenvalue weighted by molar-refractivity contribution is 8.13. The third kappa shape index (κ3) is 4.37. The fourth-order valence-corrected chi connectivity index (χ4v) is 4.78. The molecule has 0 aromatic carbocycles. The summed E-state index contributed by atoms with van der Waals surface area (Å²) in [6, 6.07) is 0.